The first-order chi connectivity index (χ1) is 12.8. The highest BCUT2D eigenvalue weighted by Crippen LogP contribution is 2.16. The van der Waals surface area contributed by atoms with Crippen LogP contribution in [0.25, 0.3) is 5.69 Å². The minimum absolute atomic E-state index is 0.286. The fourth-order valence-corrected chi connectivity index (χ4v) is 2.61. The summed E-state index contributed by atoms with van der Waals surface area (Å²) >= 11 is 0. The molecule has 0 spiro atoms. The minimum Gasteiger partial charge on any atom is -0.348 e. The van der Waals surface area contributed by atoms with Gasteiger partial charge in [0.05, 0.1) is 11.7 Å². The zero-order chi connectivity index (χ0) is 19.6. The molecular weight excluding hydrogens is 354 g/mol. The van der Waals surface area contributed by atoms with E-state index >= 15 is 0 Å². The number of aryl methyl sites for hydroxylation is 1. The highest BCUT2D eigenvalue weighted by atomic mass is 19.1. The first-order valence-electron chi connectivity index (χ1n) is 8.31. The number of nitrogens with zero attached hydrogens (tertiary/aromatic N) is 3. The van der Waals surface area contributed by atoms with Gasteiger partial charge in [-0.1, -0.05) is 12.1 Å². The zero-order valence-electron chi connectivity index (χ0n) is 14.8. The number of carbonyl (C=O) groups is 1. The maximum absolute atomic E-state index is 13.7. The van der Waals surface area contributed by atoms with Crippen LogP contribution in [0.15, 0.2) is 53.6 Å². The molecule has 2 aromatic carbocycles. The van der Waals surface area contributed by atoms with Crippen LogP contribution in [0.5, 0.6) is 0 Å². The Balaban J connectivity index is 1.70. The molecule has 6 nitrogen and oxygen atoms in total. The van der Waals surface area contributed by atoms with E-state index in [-0.39, 0.29) is 12.4 Å². The average molecular weight is 372 g/mol. The molecule has 0 radical (unpaired) electrons. The monoisotopic (exact) mass is 372 g/mol. The topological polar surface area (TPSA) is 68.9 Å². The van der Waals surface area contributed by atoms with Gasteiger partial charge < -0.3 is 5.32 Å². The van der Waals surface area contributed by atoms with E-state index in [1.54, 1.807) is 26.0 Å². The molecule has 0 aliphatic carbocycles. The van der Waals surface area contributed by atoms with E-state index in [0.717, 1.165) is 4.68 Å². The third kappa shape index (κ3) is 4.11. The molecule has 3 aromatic rings. The predicted molar refractivity (Wildman–Crippen MR) is 95.5 cm³/mol. The molecule has 0 saturated carbocycles. The Bertz CT molecular complexity index is 1020. The van der Waals surface area contributed by atoms with Crippen molar-refractivity contribution in [1.29, 1.82) is 0 Å². The third-order valence-corrected chi connectivity index (χ3v) is 4.20. The van der Waals surface area contributed by atoms with Crippen LogP contribution in [0, 0.1) is 18.6 Å². The maximum atomic E-state index is 13.7. The number of hydrogen-bond acceptors (Lipinski definition) is 3. The van der Waals surface area contributed by atoms with E-state index in [0.29, 0.717) is 16.8 Å². The molecule has 1 heterocycles. The summed E-state index contributed by atoms with van der Waals surface area (Å²) in [6.07, 6.45) is 1.27. The van der Waals surface area contributed by atoms with Crippen LogP contribution in [0.1, 0.15) is 24.1 Å². The van der Waals surface area contributed by atoms with Crippen molar-refractivity contribution < 1.29 is 13.6 Å². The number of amides is 1. The molecule has 0 unspecified atom stereocenters. The van der Waals surface area contributed by atoms with E-state index in [4.69, 9.17) is 0 Å². The number of halogens is 2. The molecule has 140 valence electrons. The van der Waals surface area contributed by atoms with Gasteiger partial charge >= 0.3 is 5.69 Å². The lowest BCUT2D eigenvalue weighted by Gasteiger charge is -2.14. The highest BCUT2D eigenvalue weighted by Gasteiger charge is 2.14. The minimum atomic E-state index is -0.522. The van der Waals surface area contributed by atoms with Crippen LogP contribution in [0.2, 0.25) is 0 Å². The Labute approximate surface area is 154 Å². The fraction of sp³-hybridized carbons (Fsp3) is 0.211. The van der Waals surface area contributed by atoms with Gasteiger partial charge in [0.25, 0.3) is 0 Å². The highest BCUT2D eigenvalue weighted by molar-refractivity contribution is 5.76. The molecule has 27 heavy (non-hydrogen) atoms. The Morgan fingerprint density at radius 2 is 1.89 bits per heavy atom. The van der Waals surface area contributed by atoms with Crippen molar-refractivity contribution in [3.05, 3.63) is 82.0 Å². The molecule has 0 aliphatic heterocycles. The maximum Gasteiger partial charge on any atom is 0.350 e. The molecule has 0 aliphatic rings. The summed E-state index contributed by atoms with van der Waals surface area (Å²) in [6, 6.07) is 9.66. The van der Waals surface area contributed by atoms with Crippen molar-refractivity contribution in [2.75, 3.05) is 0 Å². The third-order valence-electron chi connectivity index (χ3n) is 4.20. The fourth-order valence-electron chi connectivity index (χ4n) is 2.61. The molecule has 0 saturated heterocycles. The second-order valence-electron chi connectivity index (χ2n) is 6.22. The van der Waals surface area contributed by atoms with Crippen LogP contribution in [0.4, 0.5) is 8.78 Å². The number of nitrogens with one attached hydrogen (secondary N) is 1. The van der Waals surface area contributed by atoms with Gasteiger partial charge in [0, 0.05) is 0 Å². The number of carbonyl (C=O) groups excluding carboxylic acids is 1. The quantitative estimate of drug-likeness (QED) is 0.748. The Hall–Kier alpha value is -3.29. The Morgan fingerprint density at radius 1 is 1.19 bits per heavy atom. The second kappa shape index (κ2) is 7.53. The van der Waals surface area contributed by atoms with Crippen molar-refractivity contribution in [2.24, 2.45) is 0 Å². The number of benzene rings is 2. The van der Waals surface area contributed by atoms with Gasteiger partial charge in [-0.15, -0.1) is 0 Å². The van der Waals surface area contributed by atoms with Gasteiger partial charge in [-0.25, -0.2) is 22.8 Å². The van der Waals surface area contributed by atoms with E-state index in [1.165, 1.54) is 41.2 Å². The summed E-state index contributed by atoms with van der Waals surface area (Å²) in [5, 5.41) is 6.62. The van der Waals surface area contributed by atoms with Crippen molar-refractivity contribution >= 4 is 5.91 Å². The smallest absolute Gasteiger partial charge is 0.348 e. The van der Waals surface area contributed by atoms with Gasteiger partial charge in [0.15, 0.2) is 0 Å². The predicted octanol–water partition coefficient (Wildman–Crippen LogP) is 2.50. The molecule has 3 rings (SSSR count). The number of aromatic nitrogens is 3. The molecule has 0 bridgehead atoms. The van der Waals surface area contributed by atoms with E-state index in [1.807, 2.05) is 0 Å². The standard InChI is InChI=1S/C19H18F2N4O2/c1-12-3-4-14(9-17(12)21)13(2)23-18(26)10-25-19(27)24(11-22-25)16-7-5-15(20)6-8-16/h3-9,11,13H,10H2,1-2H3,(H,23,26)/t13-/m0/s1. The van der Waals surface area contributed by atoms with Crippen LogP contribution >= 0.6 is 0 Å². The molecule has 1 aromatic heterocycles. The molecule has 1 amide bonds. The van der Waals surface area contributed by atoms with Crippen molar-refractivity contribution in [3.63, 3.8) is 0 Å². The summed E-state index contributed by atoms with van der Waals surface area (Å²) < 4.78 is 28.9. The Morgan fingerprint density at radius 3 is 2.56 bits per heavy atom. The van der Waals surface area contributed by atoms with Crippen LogP contribution in [-0.2, 0) is 11.3 Å². The molecule has 8 heteroatoms. The molecule has 0 fully saturated rings. The van der Waals surface area contributed by atoms with Gasteiger partial charge in [-0.3, -0.25) is 4.79 Å². The zero-order valence-corrected chi connectivity index (χ0v) is 14.8. The average Bonchev–Trinajstić information content (AvgIpc) is 2.98. The van der Waals surface area contributed by atoms with Crippen molar-refractivity contribution in [1.82, 2.24) is 19.7 Å². The Kier molecular flexibility index (Phi) is 5.16. The van der Waals surface area contributed by atoms with E-state index in [2.05, 4.69) is 10.4 Å². The number of rotatable bonds is 5. The number of hydrogen-bond donors (Lipinski definition) is 1. The largest absolute Gasteiger partial charge is 0.350 e. The summed E-state index contributed by atoms with van der Waals surface area (Å²) in [5.41, 5.74) is 1.06. The second-order valence-corrected chi connectivity index (χ2v) is 6.22. The first-order valence-corrected chi connectivity index (χ1v) is 8.31. The van der Waals surface area contributed by atoms with Crippen molar-refractivity contribution in [3.8, 4) is 5.69 Å². The van der Waals surface area contributed by atoms with Crippen LogP contribution in [0.3, 0.4) is 0 Å². The van der Waals surface area contributed by atoms with Gasteiger partial charge in [0.1, 0.15) is 24.5 Å². The molecular formula is C19H18F2N4O2. The summed E-state index contributed by atoms with van der Waals surface area (Å²) in [6.45, 7) is 3.10. The van der Waals surface area contributed by atoms with E-state index < -0.39 is 23.5 Å². The van der Waals surface area contributed by atoms with Crippen LogP contribution in [-0.4, -0.2) is 20.3 Å². The van der Waals surface area contributed by atoms with Gasteiger partial charge in [-0.05, 0) is 55.3 Å². The summed E-state index contributed by atoms with van der Waals surface area (Å²) in [7, 11) is 0. The lowest BCUT2D eigenvalue weighted by Crippen LogP contribution is -2.34. The van der Waals surface area contributed by atoms with Crippen molar-refractivity contribution in [2.45, 2.75) is 26.4 Å². The molecule has 1 N–H and O–H groups in total. The lowest BCUT2D eigenvalue weighted by molar-refractivity contribution is -0.122. The van der Waals surface area contributed by atoms with E-state index in [9.17, 15) is 18.4 Å². The summed E-state index contributed by atoms with van der Waals surface area (Å²) in [5.74, 6) is -1.20. The molecule has 1 atom stereocenters. The normalized spacial score (nSPS) is 12.0. The van der Waals surface area contributed by atoms with Gasteiger partial charge in [0.2, 0.25) is 5.91 Å². The SMILES string of the molecule is Cc1ccc([C@H](C)NC(=O)Cn2ncn(-c3ccc(F)cc3)c2=O)cc1F. The van der Waals surface area contributed by atoms with Gasteiger partial charge in [-0.2, -0.15) is 5.10 Å². The lowest BCUT2D eigenvalue weighted by atomic mass is 10.1. The first kappa shape index (κ1) is 18.5. The van der Waals surface area contributed by atoms with Crippen LogP contribution < -0.4 is 11.0 Å². The summed E-state index contributed by atoms with van der Waals surface area (Å²) in [4.78, 5) is 24.6.